The van der Waals surface area contributed by atoms with E-state index < -0.39 is 0 Å². The first-order valence-corrected chi connectivity index (χ1v) is 4.73. The van der Waals surface area contributed by atoms with Crippen LogP contribution in [0.4, 0.5) is 0 Å². The maximum absolute atomic E-state index is 8.79. The van der Waals surface area contributed by atoms with Crippen LogP contribution in [-0.4, -0.2) is 24.3 Å². The second kappa shape index (κ2) is 5.95. The zero-order valence-corrected chi connectivity index (χ0v) is 8.80. The van der Waals surface area contributed by atoms with Gasteiger partial charge in [0.15, 0.2) is 0 Å². The Labute approximate surface area is 80.8 Å². The summed E-state index contributed by atoms with van der Waals surface area (Å²) in [4.78, 5) is 0. The largest absolute Gasteiger partial charge is 0.395 e. The number of nitrogens with zero attached hydrogens (tertiary/aromatic N) is 1. The number of aliphatic hydroxyl groups excluding tert-OH is 1. The smallest absolute Gasteiger partial charge is 0.0621 e. The minimum Gasteiger partial charge on any atom is -0.395 e. The van der Waals surface area contributed by atoms with Gasteiger partial charge in [0.05, 0.1) is 12.7 Å². The molecule has 0 heterocycles. The van der Waals surface area contributed by atoms with E-state index in [1.54, 1.807) is 0 Å². The molecule has 76 valence electrons. The second-order valence-electron chi connectivity index (χ2n) is 4.29. The lowest BCUT2D eigenvalue weighted by Gasteiger charge is -2.25. The van der Waals surface area contributed by atoms with Crippen molar-refractivity contribution in [2.24, 2.45) is 5.41 Å². The Kier molecular flexibility index (Phi) is 5.68. The lowest BCUT2D eigenvalue weighted by molar-refractivity contribution is 0.228. The summed E-state index contributed by atoms with van der Waals surface area (Å²) in [7, 11) is 0. The number of nitriles is 1. The van der Waals surface area contributed by atoms with E-state index in [-0.39, 0.29) is 18.1 Å². The second-order valence-corrected chi connectivity index (χ2v) is 4.29. The molecule has 1 unspecified atom stereocenters. The van der Waals surface area contributed by atoms with Gasteiger partial charge in [-0.3, -0.25) is 0 Å². The Morgan fingerprint density at radius 3 is 2.62 bits per heavy atom. The van der Waals surface area contributed by atoms with Crippen LogP contribution in [0, 0.1) is 16.7 Å². The molecule has 0 aromatic rings. The van der Waals surface area contributed by atoms with Crippen molar-refractivity contribution in [3.8, 4) is 6.07 Å². The van der Waals surface area contributed by atoms with Crippen LogP contribution in [-0.2, 0) is 0 Å². The molecule has 2 N–H and O–H groups in total. The Hall–Kier alpha value is -0.590. The molecule has 0 spiro atoms. The molecule has 0 rings (SSSR count). The van der Waals surface area contributed by atoms with Crippen LogP contribution in [0.2, 0.25) is 0 Å². The van der Waals surface area contributed by atoms with Gasteiger partial charge >= 0.3 is 0 Å². The first-order chi connectivity index (χ1) is 6.02. The van der Waals surface area contributed by atoms with Gasteiger partial charge in [0.2, 0.25) is 0 Å². The van der Waals surface area contributed by atoms with Crippen molar-refractivity contribution >= 4 is 0 Å². The third kappa shape index (κ3) is 6.56. The number of hydrogen-bond donors (Lipinski definition) is 2. The SMILES string of the molecule is CC(CO)NCC(C)(C)CCC#N. The fraction of sp³-hybridized carbons (Fsp3) is 0.900. The molecule has 0 aromatic carbocycles. The quantitative estimate of drug-likeness (QED) is 0.654. The molecule has 1 atom stereocenters. The van der Waals surface area contributed by atoms with Crippen molar-refractivity contribution in [2.75, 3.05) is 13.2 Å². The summed E-state index contributed by atoms with van der Waals surface area (Å²) in [6.45, 7) is 7.20. The van der Waals surface area contributed by atoms with E-state index in [9.17, 15) is 0 Å². The summed E-state index contributed by atoms with van der Waals surface area (Å²) >= 11 is 0. The van der Waals surface area contributed by atoms with E-state index >= 15 is 0 Å². The fourth-order valence-corrected chi connectivity index (χ4v) is 0.998. The van der Waals surface area contributed by atoms with Crippen LogP contribution in [0.3, 0.4) is 0 Å². The number of rotatable bonds is 6. The van der Waals surface area contributed by atoms with E-state index in [0.29, 0.717) is 6.42 Å². The van der Waals surface area contributed by atoms with E-state index in [4.69, 9.17) is 10.4 Å². The van der Waals surface area contributed by atoms with Crippen molar-refractivity contribution in [2.45, 2.75) is 39.7 Å². The zero-order valence-electron chi connectivity index (χ0n) is 8.80. The highest BCUT2D eigenvalue weighted by Gasteiger charge is 2.17. The standard InChI is InChI=1S/C10H20N2O/c1-9(7-13)12-8-10(2,3)5-4-6-11/h9,12-13H,4-5,7-8H2,1-3H3. The van der Waals surface area contributed by atoms with Crippen LogP contribution in [0.15, 0.2) is 0 Å². The average molecular weight is 184 g/mol. The van der Waals surface area contributed by atoms with Gasteiger partial charge in [-0.15, -0.1) is 0 Å². The average Bonchev–Trinajstić information content (AvgIpc) is 2.11. The normalized spacial score (nSPS) is 13.8. The Morgan fingerprint density at radius 2 is 2.15 bits per heavy atom. The zero-order chi connectivity index (χ0) is 10.3. The van der Waals surface area contributed by atoms with Gasteiger partial charge in [-0.25, -0.2) is 0 Å². The fourth-order valence-electron chi connectivity index (χ4n) is 0.998. The summed E-state index contributed by atoms with van der Waals surface area (Å²) in [6.07, 6.45) is 1.50. The molecular formula is C10H20N2O. The summed E-state index contributed by atoms with van der Waals surface area (Å²) in [5.41, 5.74) is 0.138. The molecule has 0 aliphatic rings. The Bertz CT molecular complexity index is 172. The summed E-state index contributed by atoms with van der Waals surface area (Å²) in [6, 6.07) is 2.29. The van der Waals surface area contributed by atoms with E-state index in [1.165, 1.54) is 0 Å². The van der Waals surface area contributed by atoms with Crippen LogP contribution < -0.4 is 5.32 Å². The predicted octanol–water partition coefficient (Wildman–Crippen LogP) is 1.29. The molecule has 0 amide bonds. The van der Waals surface area contributed by atoms with Gasteiger partial charge in [-0.1, -0.05) is 13.8 Å². The summed E-state index contributed by atoms with van der Waals surface area (Å²) in [5.74, 6) is 0. The monoisotopic (exact) mass is 184 g/mol. The molecule has 0 aliphatic carbocycles. The molecule has 0 aromatic heterocycles. The molecule has 0 saturated heterocycles. The molecule has 0 radical (unpaired) electrons. The Morgan fingerprint density at radius 1 is 1.54 bits per heavy atom. The molecule has 13 heavy (non-hydrogen) atoms. The van der Waals surface area contributed by atoms with Crippen molar-refractivity contribution in [1.29, 1.82) is 5.26 Å². The molecule has 3 heteroatoms. The number of nitrogens with one attached hydrogen (secondary N) is 1. The highest BCUT2D eigenvalue weighted by atomic mass is 16.3. The van der Waals surface area contributed by atoms with Crippen molar-refractivity contribution in [1.82, 2.24) is 5.32 Å². The van der Waals surface area contributed by atoms with Gasteiger partial charge in [0, 0.05) is 19.0 Å². The van der Waals surface area contributed by atoms with Gasteiger partial charge in [0.25, 0.3) is 0 Å². The first kappa shape index (κ1) is 12.4. The van der Waals surface area contributed by atoms with Crippen molar-refractivity contribution in [3.05, 3.63) is 0 Å². The maximum Gasteiger partial charge on any atom is 0.0621 e. The first-order valence-electron chi connectivity index (χ1n) is 4.73. The molecule has 0 aliphatic heterocycles. The molecular weight excluding hydrogens is 164 g/mol. The van der Waals surface area contributed by atoms with Gasteiger partial charge in [0.1, 0.15) is 0 Å². The minimum atomic E-state index is 0.138. The van der Waals surface area contributed by atoms with Gasteiger partial charge < -0.3 is 10.4 Å². The number of hydrogen-bond acceptors (Lipinski definition) is 3. The summed E-state index contributed by atoms with van der Waals surface area (Å²) in [5, 5.41) is 20.5. The minimum absolute atomic E-state index is 0.138. The lowest BCUT2D eigenvalue weighted by atomic mass is 9.88. The highest BCUT2D eigenvalue weighted by molar-refractivity contribution is 4.79. The van der Waals surface area contributed by atoms with Crippen LogP contribution >= 0.6 is 0 Å². The molecule has 3 nitrogen and oxygen atoms in total. The highest BCUT2D eigenvalue weighted by Crippen LogP contribution is 2.20. The molecule has 0 bridgehead atoms. The number of aliphatic hydroxyl groups is 1. The third-order valence-electron chi connectivity index (χ3n) is 2.12. The van der Waals surface area contributed by atoms with Gasteiger partial charge in [-0.05, 0) is 18.8 Å². The molecule has 0 fully saturated rings. The van der Waals surface area contributed by atoms with Crippen molar-refractivity contribution in [3.63, 3.8) is 0 Å². The Balaban J connectivity index is 3.69. The van der Waals surface area contributed by atoms with E-state index in [0.717, 1.165) is 13.0 Å². The van der Waals surface area contributed by atoms with Crippen LogP contribution in [0.25, 0.3) is 0 Å². The van der Waals surface area contributed by atoms with E-state index in [1.807, 2.05) is 6.92 Å². The maximum atomic E-state index is 8.79. The lowest BCUT2D eigenvalue weighted by Crippen LogP contribution is -2.37. The van der Waals surface area contributed by atoms with Gasteiger partial charge in [-0.2, -0.15) is 5.26 Å². The summed E-state index contributed by atoms with van der Waals surface area (Å²) < 4.78 is 0. The topological polar surface area (TPSA) is 56.0 Å². The van der Waals surface area contributed by atoms with Crippen LogP contribution in [0.1, 0.15) is 33.6 Å². The van der Waals surface area contributed by atoms with Crippen LogP contribution in [0.5, 0.6) is 0 Å². The third-order valence-corrected chi connectivity index (χ3v) is 2.12. The van der Waals surface area contributed by atoms with Crippen molar-refractivity contribution < 1.29 is 5.11 Å². The van der Waals surface area contributed by atoms with E-state index in [2.05, 4.69) is 25.2 Å². The predicted molar refractivity (Wildman–Crippen MR) is 53.2 cm³/mol. The molecule has 0 saturated carbocycles.